The Morgan fingerprint density at radius 1 is 1.40 bits per heavy atom. The zero-order valence-corrected chi connectivity index (χ0v) is 16.0. The van der Waals surface area contributed by atoms with E-state index in [1.165, 1.54) is 11.3 Å². The van der Waals surface area contributed by atoms with Gasteiger partial charge in [0, 0.05) is 15.0 Å². The fourth-order valence-corrected chi connectivity index (χ4v) is 6.05. The number of thiophene rings is 1. The number of hydrogen-bond donors (Lipinski definition) is 2. The van der Waals surface area contributed by atoms with Crippen molar-refractivity contribution in [2.75, 3.05) is 4.72 Å². The van der Waals surface area contributed by atoms with Crippen LogP contribution in [0.3, 0.4) is 0 Å². The molecule has 2 rings (SSSR count). The van der Waals surface area contributed by atoms with Gasteiger partial charge in [-0.15, -0.1) is 11.3 Å². The molecule has 0 aliphatic heterocycles. The number of halogens is 3. The summed E-state index contributed by atoms with van der Waals surface area (Å²) in [6.45, 7) is 0.295. The molecule has 2 aromatic rings. The lowest BCUT2D eigenvalue weighted by Gasteiger charge is -2.09. The van der Waals surface area contributed by atoms with Crippen molar-refractivity contribution in [1.82, 2.24) is 0 Å². The van der Waals surface area contributed by atoms with E-state index in [0.717, 1.165) is 8.45 Å². The number of nitrogens with two attached hydrogens (primary N) is 1. The first-order valence-corrected chi connectivity index (χ1v) is 9.84. The summed E-state index contributed by atoms with van der Waals surface area (Å²) in [4.78, 5) is 0.948. The SMILES string of the molecule is NCc1cc(S(=O)(=O)Nc2ccc(I)cc2Cl)c(Br)s1. The van der Waals surface area contributed by atoms with Crippen LogP contribution in [0.15, 0.2) is 32.9 Å². The molecule has 1 heterocycles. The minimum atomic E-state index is -3.70. The van der Waals surface area contributed by atoms with Crippen LogP contribution in [-0.2, 0) is 16.6 Å². The second-order valence-corrected chi connectivity index (χ2v) is 9.54. The summed E-state index contributed by atoms with van der Waals surface area (Å²) in [6.07, 6.45) is 0. The molecule has 3 N–H and O–H groups in total. The van der Waals surface area contributed by atoms with Crippen LogP contribution in [0.2, 0.25) is 5.02 Å². The van der Waals surface area contributed by atoms with Crippen LogP contribution in [0.4, 0.5) is 5.69 Å². The fraction of sp³-hybridized carbons (Fsp3) is 0.0909. The van der Waals surface area contributed by atoms with Crippen molar-refractivity contribution in [3.63, 3.8) is 0 Å². The summed E-state index contributed by atoms with van der Waals surface area (Å²) in [5.41, 5.74) is 5.87. The predicted octanol–water partition coefficient (Wildman–Crippen LogP) is 4.03. The van der Waals surface area contributed by atoms with Gasteiger partial charge in [-0.05, 0) is 62.8 Å². The van der Waals surface area contributed by atoms with Gasteiger partial charge in [-0.25, -0.2) is 8.42 Å². The first-order valence-electron chi connectivity index (χ1n) is 5.29. The molecule has 0 fully saturated rings. The lowest BCUT2D eigenvalue weighted by molar-refractivity contribution is 0.601. The summed E-state index contributed by atoms with van der Waals surface area (Å²) in [7, 11) is -3.70. The Labute approximate surface area is 148 Å². The van der Waals surface area contributed by atoms with Crippen molar-refractivity contribution in [2.45, 2.75) is 11.4 Å². The van der Waals surface area contributed by atoms with Gasteiger partial charge in [-0.1, -0.05) is 11.6 Å². The van der Waals surface area contributed by atoms with E-state index in [4.69, 9.17) is 17.3 Å². The molecule has 9 heteroatoms. The molecule has 20 heavy (non-hydrogen) atoms. The van der Waals surface area contributed by atoms with E-state index >= 15 is 0 Å². The summed E-state index contributed by atoms with van der Waals surface area (Å²) >= 11 is 12.7. The van der Waals surface area contributed by atoms with Crippen LogP contribution < -0.4 is 10.5 Å². The number of hydrogen-bond acceptors (Lipinski definition) is 4. The highest BCUT2D eigenvalue weighted by molar-refractivity contribution is 14.1. The lowest BCUT2D eigenvalue weighted by Crippen LogP contribution is -2.13. The molecule has 0 unspecified atom stereocenters. The third kappa shape index (κ3) is 3.66. The maximum atomic E-state index is 12.4. The quantitative estimate of drug-likeness (QED) is 0.614. The number of benzene rings is 1. The van der Waals surface area contributed by atoms with Crippen LogP contribution in [0.25, 0.3) is 0 Å². The second kappa shape index (κ2) is 6.49. The van der Waals surface area contributed by atoms with Crippen molar-refractivity contribution in [3.8, 4) is 0 Å². The van der Waals surface area contributed by atoms with Crippen molar-refractivity contribution < 1.29 is 8.42 Å². The summed E-state index contributed by atoms with van der Waals surface area (Å²) < 4.78 is 28.6. The molecule has 0 aliphatic carbocycles. The molecule has 0 amide bonds. The molecule has 4 nitrogen and oxygen atoms in total. The fourth-order valence-electron chi connectivity index (χ4n) is 1.45. The van der Waals surface area contributed by atoms with Gasteiger partial charge in [0.15, 0.2) is 0 Å². The van der Waals surface area contributed by atoms with Crippen molar-refractivity contribution in [1.29, 1.82) is 0 Å². The van der Waals surface area contributed by atoms with Gasteiger partial charge < -0.3 is 5.73 Å². The standard InChI is InChI=1S/C11H9BrClIN2O2S2/c12-11-10(4-7(5-15)19-11)20(17,18)16-9-2-1-6(14)3-8(9)13/h1-4,16H,5,15H2. The van der Waals surface area contributed by atoms with Gasteiger partial charge in [0.1, 0.15) is 4.90 Å². The van der Waals surface area contributed by atoms with Crippen LogP contribution in [-0.4, -0.2) is 8.42 Å². The molecule has 108 valence electrons. The van der Waals surface area contributed by atoms with Crippen LogP contribution in [0.5, 0.6) is 0 Å². The molecule has 0 radical (unpaired) electrons. The Balaban J connectivity index is 2.38. The maximum Gasteiger partial charge on any atom is 0.263 e. The van der Waals surface area contributed by atoms with Crippen molar-refractivity contribution >= 4 is 77.2 Å². The normalized spacial score (nSPS) is 11.6. The van der Waals surface area contributed by atoms with Crippen LogP contribution >= 0.6 is 61.5 Å². The van der Waals surface area contributed by atoms with E-state index in [9.17, 15) is 8.42 Å². The Morgan fingerprint density at radius 2 is 2.10 bits per heavy atom. The van der Waals surface area contributed by atoms with Gasteiger partial charge in [-0.2, -0.15) is 0 Å². The molecule has 0 spiro atoms. The smallest absolute Gasteiger partial charge is 0.263 e. The monoisotopic (exact) mass is 506 g/mol. The number of nitrogens with one attached hydrogen (secondary N) is 1. The summed E-state index contributed by atoms with van der Waals surface area (Å²) in [5.74, 6) is 0. The van der Waals surface area contributed by atoms with Crippen LogP contribution in [0, 0.1) is 3.57 Å². The maximum absolute atomic E-state index is 12.4. The van der Waals surface area contributed by atoms with Gasteiger partial charge in [0.05, 0.1) is 14.5 Å². The van der Waals surface area contributed by atoms with E-state index < -0.39 is 10.0 Å². The van der Waals surface area contributed by atoms with Crippen molar-refractivity contribution in [2.24, 2.45) is 5.73 Å². The van der Waals surface area contributed by atoms with E-state index in [1.54, 1.807) is 24.3 Å². The number of sulfonamides is 1. The third-order valence-electron chi connectivity index (χ3n) is 2.37. The summed E-state index contributed by atoms with van der Waals surface area (Å²) in [6, 6.07) is 6.65. The Bertz CT molecular complexity index is 749. The first-order chi connectivity index (χ1) is 9.33. The van der Waals surface area contributed by atoms with Gasteiger partial charge in [0.2, 0.25) is 0 Å². The highest BCUT2D eigenvalue weighted by atomic mass is 127. The second-order valence-electron chi connectivity index (χ2n) is 3.78. The zero-order chi connectivity index (χ0) is 14.9. The predicted molar refractivity (Wildman–Crippen MR) is 94.9 cm³/mol. The Kier molecular flexibility index (Phi) is 5.35. The molecule has 0 saturated carbocycles. The van der Waals surface area contributed by atoms with Gasteiger partial charge >= 0.3 is 0 Å². The Hall–Kier alpha value is 0.130. The van der Waals surface area contributed by atoms with Gasteiger partial charge in [-0.3, -0.25) is 4.72 Å². The minimum Gasteiger partial charge on any atom is -0.326 e. The minimum absolute atomic E-state index is 0.164. The van der Waals surface area contributed by atoms with E-state index in [-0.39, 0.29) is 4.90 Å². The average Bonchev–Trinajstić information content (AvgIpc) is 2.75. The first kappa shape index (κ1) is 16.5. The zero-order valence-electron chi connectivity index (χ0n) is 9.86. The topological polar surface area (TPSA) is 72.2 Å². The largest absolute Gasteiger partial charge is 0.326 e. The average molecular weight is 508 g/mol. The molecule has 0 atom stereocenters. The number of anilines is 1. The molecule has 0 bridgehead atoms. The molecule has 1 aromatic heterocycles. The van der Waals surface area contributed by atoms with Gasteiger partial charge in [0.25, 0.3) is 10.0 Å². The van der Waals surface area contributed by atoms with Crippen molar-refractivity contribution in [3.05, 3.63) is 41.5 Å². The lowest BCUT2D eigenvalue weighted by atomic mass is 10.3. The molecule has 1 aromatic carbocycles. The van der Waals surface area contributed by atoms with E-state index in [0.29, 0.717) is 21.0 Å². The Morgan fingerprint density at radius 3 is 2.65 bits per heavy atom. The molecular formula is C11H9BrClIN2O2S2. The summed E-state index contributed by atoms with van der Waals surface area (Å²) in [5, 5.41) is 0.353. The highest BCUT2D eigenvalue weighted by Crippen LogP contribution is 2.34. The van der Waals surface area contributed by atoms with Crippen LogP contribution in [0.1, 0.15) is 4.88 Å². The molecule has 0 saturated heterocycles. The number of rotatable bonds is 4. The molecule has 0 aliphatic rings. The van der Waals surface area contributed by atoms with E-state index in [1.807, 2.05) is 0 Å². The molecular weight excluding hydrogens is 499 g/mol. The highest BCUT2D eigenvalue weighted by Gasteiger charge is 2.21. The van der Waals surface area contributed by atoms with E-state index in [2.05, 4.69) is 43.2 Å². The third-order valence-corrected chi connectivity index (χ3v) is 7.00.